The molecule has 0 aliphatic heterocycles. The van der Waals surface area contributed by atoms with Crippen LogP contribution in [0.5, 0.6) is 0 Å². The van der Waals surface area contributed by atoms with Gasteiger partial charge in [-0.15, -0.1) is 0 Å². The number of para-hydroxylation sites is 1. The molecule has 20 heavy (non-hydrogen) atoms. The van der Waals surface area contributed by atoms with Gasteiger partial charge in [-0.1, -0.05) is 18.2 Å². The quantitative estimate of drug-likeness (QED) is 0.747. The third-order valence-corrected chi connectivity index (χ3v) is 4.09. The number of nitrogens with zero attached hydrogens (tertiary/aromatic N) is 1. The highest BCUT2D eigenvalue weighted by Crippen LogP contribution is 2.28. The summed E-state index contributed by atoms with van der Waals surface area (Å²) in [5.41, 5.74) is 6.64. The van der Waals surface area contributed by atoms with Crippen LogP contribution in [0.4, 0.5) is 5.69 Å². The zero-order valence-corrected chi connectivity index (χ0v) is 12.3. The fourth-order valence-electron chi connectivity index (χ4n) is 2.54. The molecule has 0 radical (unpaired) electrons. The van der Waals surface area contributed by atoms with Gasteiger partial charge in [0.05, 0.1) is 5.54 Å². The first kappa shape index (κ1) is 14.9. The molecule has 1 aliphatic rings. The molecule has 4 nitrogen and oxygen atoms in total. The van der Waals surface area contributed by atoms with Gasteiger partial charge >= 0.3 is 0 Å². The van der Waals surface area contributed by atoms with Gasteiger partial charge < -0.3 is 16.0 Å². The lowest BCUT2D eigenvalue weighted by atomic mass is 9.77. The van der Waals surface area contributed by atoms with E-state index >= 15 is 0 Å². The Morgan fingerprint density at radius 3 is 2.60 bits per heavy atom. The largest absolute Gasteiger partial charge is 0.372 e. The highest BCUT2D eigenvalue weighted by molar-refractivity contribution is 5.86. The van der Waals surface area contributed by atoms with Crippen molar-refractivity contribution in [1.82, 2.24) is 5.32 Å². The van der Waals surface area contributed by atoms with Crippen molar-refractivity contribution < 1.29 is 4.79 Å². The van der Waals surface area contributed by atoms with Gasteiger partial charge in [0, 0.05) is 25.3 Å². The van der Waals surface area contributed by atoms with Gasteiger partial charge in [-0.25, -0.2) is 0 Å². The summed E-state index contributed by atoms with van der Waals surface area (Å²) in [6.45, 7) is 4.76. The molecule has 2 rings (SSSR count). The molecule has 3 N–H and O–H groups in total. The van der Waals surface area contributed by atoms with E-state index in [4.69, 9.17) is 5.73 Å². The predicted octanol–water partition coefficient (Wildman–Crippen LogP) is 1.90. The van der Waals surface area contributed by atoms with Crippen LogP contribution in [-0.2, 0) is 4.79 Å². The summed E-state index contributed by atoms with van der Waals surface area (Å²) in [5, 5.41) is 2.97. The molecule has 0 aromatic heterocycles. The first-order valence-electron chi connectivity index (χ1n) is 7.53. The molecular weight excluding hydrogens is 250 g/mol. The Labute approximate surface area is 121 Å². The van der Waals surface area contributed by atoms with Crippen LogP contribution in [0, 0.1) is 0 Å². The molecule has 1 aliphatic carbocycles. The molecule has 0 spiro atoms. The van der Waals surface area contributed by atoms with Crippen LogP contribution in [0.15, 0.2) is 30.3 Å². The first-order valence-corrected chi connectivity index (χ1v) is 7.53. The fourth-order valence-corrected chi connectivity index (χ4v) is 2.54. The number of nitrogens with one attached hydrogen (secondary N) is 1. The number of rotatable bonds is 7. The summed E-state index contributed by atoms with van der Waals surface area (Å²) < 4.78 is 0. The van der Waals surface area contributed by atoms with Crippen LogP contribution in [0.3, 0.4) is 0 Å². The Morgan fingerprint density at radius 2 is 2.05 bits per heavy atom. The summed E-state index contributed by atoms with van der Waals surface area (Å²) in [6, 6.07) is 10.4. The second kappa shape index (κ2) is 6.75. The van der Waals surface area contributed by atoms with E-state index in [1.54, 1.807) is 0 Å². The van der Waals surface area contributed by atoms with E-state index in [1.165, 1.54) is 5.69 Å². The smallest absolute Gasteiger partial charge is 0.240 e. The molecule has 0 unspecified atom stereocenters. The lowest BCUT2D eigenvalue weighted by Gasteiger charge is -2.36. The number of hydrogen-bond donors (Lipinski definition) is 2. The fraction of sp³-hybridized carbons (Fsp3) is 0.562. The molecule has 1 saturated carbocycles. The van der Waals surface area contributed by atoms with Gasteiger partial charge in [0.15, 0.2) is 0 Å². The Kier molecular flexibility index (Phi) is 5.01. The summed E-state index contributed by atoms with van der Waals surface area (Å²) in [4.78, 5) is 14.2. The Bertz CT molecular complexity index is 429. The van der Waals surface area contributed by atoms with Gasteiger partial charge in [-0.3, -0.25) is 4.79 Å². The molecule has 0 atom stereocenters. The summed E-state index contributed by atoms with van der Waals surface area (Å²) >= 11 is 0. The van der Waals surface area contributed by atoms with Crippen molar-refractivity contribution in [1.29, 1.82) is 0 Å². The van der Waals surface area contributed by atoms with E-state index < -0.39 is 5.54 Å². The average molecular weight is 275 g/mol. The van der Waals surface area contributed by atoms with Crippen molar-refractivity contribution in [2.75, 3.05) is 24.5 Å². The molecule has 4 heteroatoms. The van der Waals surface area contributed by atoms with E-state index in [0.29, 0.717) is 6.54 Å². The maximum Gasteiger partial charge on any atom is 0.240 e. The maximum absolute atomic E-state index is 11.9. The van der Waals surface area contributed by atoms with Gasteiger partial charge in [0.1, 0.15) is 0 Å². The first-order chi connectivity index (χ1) is 9.65. The van der Waals surface area contributed by atoms with Crippen LogP contribution in [-0.4, -0.2) is 31.1 Å². The summed E-state index contributed by atoms with van der Waals surface area (Å²) in [7, 11) is 0. The molecule has 1 fully saturated rings. The molecule has 110 valence electrons. The van der Waals surface area contributed by atoms with E-state index in [2.05, 4.69) is 41.4 Å². The van der Waals surface area contributed by atoms with Crippen LogP contribution in [0.25, 0.3) is 0 Å². The third-order valence-electron chi connectivity index (χ3n) is 4.09. The van der Waals surface area contributed by atoms with Crippen molar-refractivity contribution in [3.63, 3.8) is 0 Å². The maximum atomic E-state index is 11.9. The molecule has 0 heterocycles. The van der Waals surface area contributed by atoms with Crippen LogP contribution >= 0.6 is 0 Å². The number of carbonyl (C=O) groups is 1. The van der Waals surface area contributed by atoms with E-state index in [-0.39, 0.29) is 5.91 Å². The zero-order valence-electron chi connectivity index (χ0n) is 12.3. The third kappa shape index (κ3) is 3.51. The van der Waals surface area contributed by atoms with Crippen molar-refractivity contribution >= 4 is 11.6 Å². The molecule has 1 amide bonds. The van der Waals surface area contributed by atoms with Gasteiger partial charge in [-0.05, 0) is 44.7 Å². The highest BCUT2D eigenvalue weighted by atomic mass is 16.2. The minimum atomic E-state index is -0.579. The number of nitrogens with two attached hydrogens (primary N) is 1. The summed E-state index contributed by atoms with van der Waals surface area (Å²) in [5.74, 6) is 0.0199. The lowest BCUT2D eigenvalue weighted by Crippen LogP contribution is -2.58. The van der Waals surface area contributed by atoms with Crippen LogP contribution in [0.2, 0.25) is 0 Å². The number of hydrogen-bond acceptors (Lipinski definition) is 3. The SMILES string of the molecule is CCN(CCCNC(=O)C1(N)CCC1)c1ccccc1. The van der Waals surface area contributed by atoms with Gasteiger partial charge in [0.2, 0.25) is 5.91 Å². The highest BCUT2D eigenvalue weighted by Gasteiger charge is 2.39. The Hall–Kier alpha value is -1.55. The lowest BCUT2D eigenvalue weighted by molar-refractivity contribution is -0.129. The number of anilines is 1. The van der Waals surface area contributed by atoms with Gasteiger partial charge in [0.25, 0.3) is 0 Å². The van der Waals surface area contributed by atoms with Crippen molar-refractivity contribution in [3.8, 4) is 0 Å². The average Bonchev–Trinajstić information content (AvgIpc) is 2.45. The second-order valence-electron chi connectivity index (χ2n) is 5.53. The molecule has 1 aromatic rings. The summed E-state index contributed by atoms with van der Waals surface area (Å²) in [6.07, 6.45) is 3.65. The van der Waals surface area contributed by atoms with Crippen molar-refractivity contribution in [3.05, 3.63) is 30.3 Å². The molecule has 0 bridgehead atoms. The topological polar surface area (TPSA) is 58.4 Å². The second-order valence-corrected chi connectivity index (χ2v) is 5.53. The van der Waals surface area contributed by atoms with E-state index in [0.717, 1.165) is 38.8 Å². The number of amides is 1. The van der Waals surface area contributed by atoms with Crippen molar-refractivity contribution in [2.24, 2.45) is 5.73 Å². The molecular formula is C16H25N3O. The Balaban J connectivity index is 1.71. The minimum absolute atomic E-state index is 0.0199. The van der Waals surface area contributed by atoms with Gasteiger partial charge in [-0.2, -0.15) is 0 Å². The monoisotopic (exact) mass is 275 g/mol. The Morgan fingerprint density at radius 1 is 1.35 bits per heavy atom. The number of benzene rings is 1. The zero-order chi connectivity index (χ0) is 14.4. The standard InChI is InChI=1S/C16H25N3O/c1-2-19(14-8-4-3-5-9-14)13-7-12-18-15(20)16(17)10-6-11-16/h3-5,8-9H,2,6-7,10-13,17H2,1H3,(H,18,20). The van der Waals surface area contributed by atoms with E-state index in [9.17, 15) is 4.79 Å². The predicted molar refractivity (Wildman–Crippen MR) is 82.7 cm³/mol. The molecule has 1 aromatic carbocycles. The van der Waals surface area contributed by atoms with Crippen LogP contribution in [0.1, 0.15) is 32.6 Å². The van der Waals surface area contributed by atoms with Crippen molar-refractivity contribution in [2.45, 2.75) is 38.1 Å². The molecule has 0 saturated heterocycles. The van der Waals surface area contributed by atoms with E-state index in [1.807, 2.05) is 6.07 Å². The number of carbonyl (C=O) groups excluding carboxylic acids is 1. The van der Waals surface area contributed by atoms with Crippen LogP contribution < -0.4 is 16.0 Å². The minimum Gasteiger partial charge on any atom is -0.372 e. The normalized spacial score (nSPS) is 16.3.